The third-order valence-electron chi connectivity index (χ3n) is 2.44. The van der Waals surface area contributed by atoms with Gasteiger partial charge in [-0.25, -0.2) is 0 Å². The van der Waals surface area contributed by atoms with Crippen molar-refractivity contribution in [1.29, 1.82) is 0 Å². The highest BCUT2D eigenvalue weighted by Gasteiger charge is 2.08. The van der Waals surface area contributed by atoms with Gasteiger partial charge in [0, 0.05) is 22.0 Å². The fourth-order valence-electron chi connectivity index (χ4n) is 1.25. The highest BCUT2D eigenvalue weighted by atomic mass is 79.9. The fourth-order valence-corrected chi connectivity index (χ4v) is 1.92. The number of benzene rings is 1. The van der Waals surface area contributed by atoms with Crippen LogP contribution in [0.4, 0.5) is 0 Å². The maximum Gasteiger partial charge on any atom is 0.0687 e. The van der Waals surface area contributed by atoms with Crippen molar-refractivity contribution in [3.05, 3.63) is 32.7 Å². The largest absolute Gasteiger partial charge is 0.392 e. The highest BCUT2D eigenvalue weighted by molar-refractivity contribution is 9.13. The van der Waals surface area contributed by atoms with E-state index in [-0.39, 0.29) is 6.10 Å². The summed E-state index contributed by atoms with van der Waals surface area (Å²) in [5.74, 6) is 0.296. The van der Waals surface area contributed by atoms with Gasteiger partial charge in [-0.2, -0.15) is 0 Å². The Balaban J connectivity index is 2.40. The molecule has 1 atom stereocenters. The van der Waals surface area contributed by atoms with Gasteiger partial charge in [0.2, 0.25) is 0 Å². The Morgan fingerprint density at radius 3 is 2.50 bits per heavy atom. The van der Waals surface area contributed by atoms with Gasteiger partial charge in [0.15, 0.2) is 0 Å². The van der Waals surface area contributed by atoms with E-state index in [9.17, 15) is 5.11 Å². The molecule has 0 saturated heterocycles. The molecule has 90 valence electrons. The molecule has 0 amide bonds. The van der Waals surface area contributed by atoms with Gasteiger partial charge in [-0.05, 0) is 55.5 Å². The lowest BCUT2D eigenvalue weighted by Gasteiger charge is -2.15. The van der Waals surface area contributed by atoms with Crippen LogP contribution in [0.15, 0.2) is 27.1 Å². The van der Waals surface area contributed by atoms with Crippen LogP contribution in [-0.2, 0) is 6.54 Å². The van der Waals surface area contributed by atoms with Crippen molar-refractivity contribution in [1.82, 2.24) is 5.32 Å². The van der Waals surface area contributed by atoms with E-state index in [1.54, 1.807) is 0 Å². The van der Waals surface area contributed by atoms with E-state index >= 15 is 0 Å². The van der Waals surface area contributed by atoms with Crippen LogP contribution in [0.1, 0.15) is 19.4 Å². The fraction of sp³-hybridized carbons (Fsp3) is 0.500. The molecule has 2 nitrogen and oxygen atoms in total. The Bertz CT molecular complexity index is 342. The highest BCUT2D eigenvalue weighted by Crippen LogP contribution is 2.23. The molecule has 1 unspecified atom stereocenters. The first kappa shape index (κ1) is 14.2. The number of hydrogen-bond acceptors (Lipinski definition) is 2. The molecule has 0 bridgehead atoms. The first-order valence-electron chi connectivity index (χ1n) is 5.33. The summed E-state index contributed by atoms with van der Waals surface area (Å²) in [5, 5.41) is 12.9. The molecule has 2 N–H and O–H groups in total. The number of halogens is 2. The monoisotopic (exact) mass is 349 g/mol. The van der Waals surface area contributed by atoms with Crippen molar-refractivity contribution in [2.24, 2.45) is 5.92 Å². The van der Waals surface area contributed by atoms with Crippen molar-refractivity contribution in [2.45, 2.75) is 26.5 Å². The first-order valence-corrected chi connectivity index (χ1v) is 6.92. The minimum atomic E-state index is -0.279. The third kappa shape index (κ3) is 4.53. The van der Waals surface area contributed by atoms with Crippen molar-refractivity contribution < 1.29 is 5.11 Å². The zero-order valence-corrected chi connectivity index (χ0v) is 12.7. The molecule has 16 heavy (non-hydrogen) atoms. The maximum atomic E-state index is 9.62. The van der Waals surface area contributed by atoms with Crippen molar-refractivity contribution in [3.63, 3.8) is 0 Å². The van der Waals surface area contributed by atoms with E-state index in [0.29, 0.717) is 12.5 Å². The van der Waals surface area contributed by atoms with E-state index < -0.39 is 0 Å². The van der Waals surface area contributed by atoms with Gasteiger partial charge in [0.1, 0.15) is 0 Å². The lowest BCUT2D eigenvalue weighted by atomic mass is 10.1. The summed E-state index contributed by atoms with van der Waals surface area (Å²) in [4.78, 5) is 0. The first-order chi connectivity index (χ1) is 7.50. The minimum Gasteiger partial charge on any atom is -0.392 e. The summed E-state index contributed by atoms with van der Waals surface area (Å²) in [6.07, 6.45) is -0.279. The van der Waals surface area contributed by atoms with Gasteiger partial charge in [0.05, 0.1) is 6.10 Å². The maximum absolute atomic E-state index is 9.62. The average molecular weight is 351 g/mol. The van der Waals surface area contributed by atoms with E-state index in [2.05, 4.69) is 49.3 Å². The standard InChI is InChI=1S/C12H17Br2NO/c1-8(2)12(16)7-15-6-9-3-4-10(13)11(14)5-9/h3-5,8,12,15-16H,6-7H2,1-2H3. The van der Waals surface area contributed by atoms with Crippen LogP contribution in [0.2, 0.25) is 0 Å². The molecular formula is C12H17Br2NO. The molecule has 1 aromatic carbocycles. The second-order valence-electron chi connectivity index (χ2n) is 4.19. The molecule has 0 heterocycles. The molecule has 0 aliphatic rings. The topological polar surface area (TPSA) is 32.3 Å². The van der Waals surface area contributed by atoms with Crippen LogP contribution in [-0.4, -0.2) is 17.8 Å². The summed E-state index contributed by atoms with van der Waals surface area (Å²) in [5.41, 5.74) is 1.20. The molecule has 1 rings (SSSR count). The summed E-state index contributed by atoms with van der Waals surface area (Å²) in [6, 6.07) is 6.14. The SMILES string of the molecule is CC(C)C(O)CNCc1ccc(Br)c(Br)c1. The Hall–Kier alpha value is 0.1000. The predicted molar refractivity (Wildman–Crippen MR) is 74.4 cm³/mol. The second kappa shape index (κ2) is 6.74. The van der Waals surface area contributed by atoms with E-state index in [0.717, 1.165) is 15.5 Å². The molecule has 0 aliphatic carbocycles. The summed E-state index contributed by atoms with van der Waals surface area (Å²) in [7, 11) is 0. The van der Waals surface area contributed by atoms with Crippen molar-refractivity contribution >= 4 is 31.9 Å². The summed E-state index contributed by atoms with van der Waals surface area (Å²) in [6.45, 7) is 5.44. The lowest BCUT2D eigenvalue weighted by Crippen LogP contribution is -2.30. The van der Waals surface area contributed by atoms with Gasteiger partial charge in [-0.3, -0.25) is 0 Å². The van der Waals surface area contributed by atoms with E-state index in [1.807, 2.05) is 19.9 Å². The van der Waals surface area contributed by atoms with Crippen molar-refractivity contribution in [2.75, 3.05) is 6.54 Å². The average Bonchev–Trinajstić information content (AvgIpc) is 2.23. The van der Waals surface area contributed by atoms with E-state index in [1.165, 1.54) is 5.56 Å². The molecular weight excluding hydrogens is 334 g/mol. The van der Waals surface area contributed by atoms with Gasteiger partial charge < -0.3 is 10.4 Å². The normalized spacial score (nSPS) is 13.1. The quantitative estimate of drug-likeness (QED) is 0.853. The van der Waals surface area contributed by atoms with Crippen LogP contribution < -0.4 is 5.32 Å². The second-order valence-corrected chi connectivity index (χ2v) is 5.90. The van der Waals surface area contributed by atoms with Crippen LogP contribution in [0.25, 0.3) is 0 Å². The molecule has 1 aromatic rings. The number of aliphatic hydroxyl groups is 1. The Kier molecular flexibility index (Phi) is 5.97. The zero-order chi connectivity index (χ0) is 12.1. The number of rotatable bonds is 5. The van der Waals surface area contributed by atoms with E-state index in [4.69, 9.17) is 0 Å². The number of hydrogen-bond donors (Lipinski definition) is 2. The Morgan fingerprint density at radius 1 is 1.25 bits per heavy atom. The number of nitrogens with one attached hydrogen (secondary N) is 1. The summed E-state index contributed by atoms with van der Waals surface area (Å²) < 4.78 is 2.11. The predicted octanol–water partition coefficient (Wildman–Crippen LogP) is 3.32. The van der Waals surface area contributed by atoms with Crippen LogP contribution in [0.3, 0.4) is 0 Å². The molecule has 0 radical (unpaired) electrons. The molecule has 0 spiro atoms. The molecule has 4 heteroatoms. The third-order valence-corrected chi connectivity index (χ3v) is 4.32. The van der Waals surface area contributed by atoms with Gasteiger partial charge in [-0.1, -0.05) is 19.9 Å². The number of aliphatic hydroxyl groups excluding tert-OH is 1. The van der Waals surface area contributed by atoms with Gasteiger partial charge >= 0.3 is 0 Å². The zero-order valence-electron chi connectivity index (χ0n) is 9.50. The van der Waals surface area contributed by atoms with Crippen LogP contribution >= 0.6 is 31.9 Å². The molecule has 0 aliphatic heterocycles. The van der Waals surface area contributed by atoms with Crippen LogP contribution in [0.5, 0.6) is 0 Å². The van der Waals surface area contributed by atoms with Gasteiger partial charge in [0.25, 0.3) is 0 Å². The van der Waals surface area contributed by atoms with Crippen molar-refractivity contribution in [3.8, 4) is 0 Å². The lowest BCUT2D eigenvalue weighted by molar-refractivity contribution is 0.123. The van der Waals surface area contributed by atoms with Gasteiger partial charge in [-0.15, -0.1) is 0 Å². The molecule has 0 aromatic heterocycles. The van der Waals surface area contributed by atoms with Crippen LogP contribution in [0, 0.1) is 5.92 Å². The minimum absolute atomic E-state index is 0.279. The molecule has 0 saturated carbocycles. The smallest absolute Gasteiger partial charge is 0.0687 e. The Labute approximate surface area is 114 Å². The summed E-state index contributed by atoms with van der Waals surface area (Å²) >= 11 is 6.90. The Morgan fingerprint density at radius 2 is 1.94 bits per heavy atom. The molecule has 0 fully saturated rings.